The lowest BCUT2D eigenvalue weighted by molar-refractivity contribution is 0.591. The van der Waals surface area contributed by atoms with Crippen molar-refractivity contribution in [2.24, 2.45) is 0 Å². The van der Waals surface area contributed by atoms with E-state index in [0.717, 1.165) is 42.1 Å². The summed E-state index contributed by atoms with van der Waals surface area (Å²) in [4.78, 5) is 4.40. The third-order valence-electron chi connectivity index (χ3n) is 3.67. The van der Waals surface area contributed by atoms with Gasteiger partial charge in [-0.2, -0.15) is 0 Å². The van der Waals surface area contributed by atoms with Crippen LogP contribution in [0, 0.1) is 0 Å². The fourth-order valence-electron chi connectivity index (χ4n) is 2.59. The molecule has 2 aromatic rings. The molecule has 3 rings (SSSR count). The smallest absolute Gasteiger partial charge is 0.191 e. The van der Waals surface area contributed by atoms with Crippen LogP contribution in [0.5, 0.6) is 0 Å². The monoisotopic (exact) mass is 303 g/mol. The number of anilines is 1. The molecule has 0 bridgehead atoms. The quantitative estimate of drug-likeness (QED) is 0.860. The molecule has 112 valence electrons. The van der Waals surface area contributed by atoms with Crippen LogP contribution in [0.1, 0.15) is 37.6 Å². The predicted octanol–water partition coefficient (Wildman–Crippen LogP) is 3.12. The van der Waals surface area contributed by atoms with Gasteiger partial charge >= 0.3 is 0 Å². The van der Waals surface area contributed by atoms with E-state index in [1.165, 1.54) is 24.8 Å². The normalized spacial score (nSPS) is 14.5. The molecule has 0 spiro atoms. The average Bonchev–Trinajstić information content (AvgIpc) is 2.74. The Bertz CT molecular complexity index is 595. The number of hydrogen-bond acceptors (Lipinski definition) is 5. The van der Waals surface area contributed by atoms with Crippen LogP contribution in [0.2, 0.25) is 0 Å². The highest BCUT2D eigenvalue weighted by molar-refractivity contribution is 7.98. The minimum atomic E-state index is 0.869. The molecule has 0 saturated carbocycles. The molecule has 0 radical (unpaired) electrons. The summed E-state index contributed by atoms with van der Waals surface area (Å²) < 4.78 is 2.29. The zero-order valence-electron chi connectivity index (χ0n) is 12.4. The molecule has 5 nitrogen and oxygen atoms in total. The molecule has 1 N–H and O–H groups in total. The van der Waals surface area contributed by atoms with Crippen molar-refractivity contribution in [1.82, 2.24) is 19.7 Å². The molecule has 2 aromatic heterocycles. The molecule has 21 heavy (non-hydrogen) atoms. The van der Waals surface area contributed by atoms with Crippen LogP contribution in [0.4, 0.5) is 5.82 Å². The number of thioether (sulfide) groups is 1. The first kappa shape index (κ1) is 14.4. The number of fused-ring (bicyclic) bond motifs is 1. The van der Waals surface area contributed by atoms with Crippen molar-refractivity contribution < 1.29 is 0 Å². The Kier molecular flexibility index (Phi) is 4.75. The third-order valence-corrected chi connectivity index (χ3v) is 4.68. The van der Waals surface area contributed by atoms with Crippen molar-refractivity contribution in [3.8, 4) is 0 Å². The van der Waals surface area contributed by atoms with Crippen LogP contribution < -0.4 is 5.32 Å². The molecule has 0 saturated heterocycles. The lowest BCUT2D eigenvalue weighted by atomic mass is 10.2. The standard InChI is InChI=1S/C15H21N5S/c1-2-16-14-12(7-6-9-17-14)11-21-15-19-18-13-8-4-3-5-10-20(13)15/h6-7,9H,2-5,8,10-11H2,1H3,(H,16,17). The summed E-state index contributed by atoms with van der Waals surface area (Å²) in [5.41, 5.74) is 1.22. The minimum Gasteiger partial charge on any atom is -0.370 e. The molecule has 0 aliphatic carbocycles. The first-order chi connectivity index (χ1) is 10.4. The fraction of sp³-hybridized carbons (Fsp3) is 0.533. The Labute approximate surface area is 129 Å². The molecule has 0 fully saturated rings. The van der Waals surface area contributed by atoms with Crippen molar-refractivity contribution in [1.29, 1.82) is 0 Å². The van der Waals surface area contributed by atoms with E-state index in [2.05, 4.69) is 38.1 Å². The predicted molar refractivity (Wildman–Crippen MR) is 85.5 cm³/mol. The number of nitrogens with one attached hydrogen (secondary N) is 1. The summed E-state index contributed by atoms with van der Waals surface area (Å²) in [7, 11) is 0. The van der Waals surface area contributed by atoms with E-state index in [1.807, 2.05) is 12.3 Å². The van der Waals surface area contributed by atoms with Crippen LogP contribution in [-0.2, 0) is 18.7 Å². The second-order valence-corrected chi connectivity index (χ2v) is 6.13. The van der Waals surface area contributed by atoms with E-state index in [0.29, 0.717) is 0 Å². The molecule has 0 amide bonds. The molecule has 0 unspecified atom stereocenters. The zero-order valence-corrected chi connectivity index (χ0v) is 13.2. The number of nitrogens with zero attached hydrogens (tertiary/aromatic N) is 4. The summed E-state index contributed by atoms with van der Waals surface area (Å²) in [5.74, 6) is 2.99. The lowest BCUT2D eigenvalue weighted by Crippen LogP contribution is -2.04. The van der Waals surface area contributed by atoms with E-state index < -0.39 is 0 Å². The van der Waals surface area contributed by atoms with Gasteiger partial charge in [0.2, 0.25) is 0 Å². The Balaban J connectivity index is 1.72. The maximum Gasteiger partial charge on any atom is 0.191 e. The van der Waals surface area contributed by atoms with Gasteiger partial charge in [-0.05, 0) is 25.8 Å². The van der Waals surface area contributed by atoms with Gasteiger partial charge in [0.25, 0.3) is 0 Å². The maximum absolute atomic E-state index is 4.40. The molecule has 0 atom stereocenters. The zero-order chi connectivity index (χ0) is 14.5. The SMILES string of the molecule is CCNc1ncccc1CSc1nnc2n1CCCCC2. The average molecular weight is 303 g/mol. The first-order valence-corrected chi connectivity index (χ1v) is 8.59. The second-order valence-electron chi connectivity index (χ2n) is 5.19. The van der Waals surface area contributed by atoms with Gasteiger partial charge in [0.15, 0.2) is 5.16 Å². The third kappa shape index (κ3) is 3.37. The maximum atomic E-state index is 4.40. The summed E-state index contributed by atoms with van der Waals surface area (Å²) >= 11 is 1.75. The van der Waals surface area contributed by atoms with Gasteiger partial charge in [0, 0.05) is 37.0 Å². The van der Waals surface area contributed by atoms with E-state index in [-0.39, 0.29) is 0 Å². The molecular weight excluding hydrogens is 282 g/mol. The number of hydrogen-bond donors (Lipinski definition) is 1. The van der Waals surface area contributed by atoms with Crippen LogP contribution in [0.25, 0.3) is 0 Å². The first-order valence-electron chi connectivity index (χ1n) is 7.61. The number of rotatable bonds is 5. The molecule has 0 aromatic carbocycles. The highest BCUT2D eigenvalue weighted by atomic mass is 32.2. The molecular formula is C15H21N5S. The molecule has 1 aliphatic rings. The van der Waals surface area contributed by atoms with E-state index >= 15 is 0 Å². The summed E-state index contributed by atoms with van der Waals surface area (Å²) in [6.45, 7) is 4.02. The van der Waals surface area contributed by atoms with E-state index in [4.69, 9.17) is 0 Å². The van der Waals surface area contributed by atoms with Crippen molar-refractivity contribution in [2.75, 3.05) is 11.9 Å². The van der Waals surface area contributed by atoms with E-state index in [9.17, 15) is 0 Å². The van der Waals surface area contributed by atoms with Crippen LogP contribution in [0.3, 0.4) is 0 Å². The highest BCUT2D eigenvalue weighted by Crippen LogP contribution is 2.26. The van der Waals surface area contributed by atoms with Crippen LogP contribution in [-0.4, -0.2) is 26.3 Å². The number of aryl methyl sites for hydroxylation is 1. The number of pyridine rings is 1. The Morgan fingerprint density at radius 3 is 3.14 bits per heavy atom. The Hall–Kier alpha value is -1.56. The lowest BCUT2D eigenvalue weighted by Gasteiger charge is -2.09. The summed E-state index contributed by atoms with van der Waals surface area (Å²) in [5, 5.41) is 13.1. The molecule has 3 heterocycles. The second kappa shape index (κ2) is 6.93. The summed E-state index contributed by atoms with van der Waals surface area (Å²) in [6.07, 6.45) is 6.64. The number of aromatic nitrogens is 4. The van der Waals surface area contributed by atoms with Crippen molar-refractivity contribution in [3.63, 3.8) is 0 Å². The van der Waals surface area contributed by atoms with Crippen molar-refractivity contribution in [2.45, 2.75) is 50.1 Å². The Morgan fingerprint density at radius 2 is 2.24 bits per heavy atom. The van der Waals surface area contributed by atoms with E-state index in [1.54, 1.807) is 11.8 Å². The van der Waals surface area contributed by atoms with Gasteiger partial charge in [0.05, 0.1) is 0 Å². The van der Waals surface area contributed by atoms with Gasteiger partial charge in [-0.1, -0.05) is 24.2 Å². The molecule has 1 aliphatic heterocycles. The highest BCUT2D eigenvalue weighted by Gasteiger charge is 2.15. The van der Waals surface area contributed by atoms with Gasteiger partial charge in [-0.15, -0.1) is 10.2 Å². The van der Waals surface area contributed by atoms with Gasteiger partial charge in [0.1, 0.15) is 11.6 Å². The topological polar surface area (TPSA) is 55.6 Å². The van der Waals surface area contributed by atoms with Gasteiger partial charge in [-0.3, -0.25) is 0 Å². The molecule has 6 heteroatoms. The van der Waals surface area contributed by atoms with Gasteiger partial charge in [-0.25, -0.2) is 4.98 Å². The van der Waals surface area contributed by atoms with Crippen molar-refractivity contribution in [3.05, 3.63) is 29.7 Å². The van der Waals surface area contributed by atoms with Gasteiger partial charge < -0.3 is 9.88 Å². The fourth-order valence-corrected chi connectivity index (χ4v) is 3.56. The van der Waals surface area contributed by atoms with Crippen LogP contribution >= 0.6 is 11.8 Å². The Morgan fingerprint density at radius 1 is 1.29 bits per heavy atom. The van der Waals surface area contributed by atoms with Crippen molar-refractivity contribution >= 4 is 17.6 Å². The van der Waals surface area contributed by atoms with Crippen LogP contribution in [0.15, 0.2) is 23.5 Å². The largest absolute Gasteiger partial charge is 0.370 e. The summed E-state index contributed by atoms with van der Waals surface area (Å²) in [6, 6.07) is 4.11. The minimum absolute atomic E-state index is 0.869.